The van der Waals surface area contributed by atoms with Gasteiger partial charge in [-0.15, -0.1) is 0 Å². The van der Waals surface area contributed by atoms with Crippen LogP contribution in [-0.4, -0.2) is 93.3 Å². The van der Waals surface area contributed by atoms with Crippen LogP contribution < -0.4 is 40.0 Å². The Morgan fingerprint density at radius 3 is 2.15 bits per heavy atom. The number of aliphatic carboxylic acids is 1. The van der Waals surface area contributed by atoms with Crippen LogP contribution in [0.2, 0.25) is 0 Å². The number of carbonyl (C=O) groups excluding carboxylic acids is 3. The third-order valence-corrected chi connectivity index (χ3v) is 15.7. The maximum Gasteiger partial charge on any atom is 1.00 e. The first-order chi connectivity index (χ1) is 27.3. The standard InChI is InChI=1S/C46H75NO11.Na/c1-11-32(42(51)52)34-17-14-25(4)39(55-34)29(8)37(48)28(7)38(49)33(12-2)40-26(5)24-27(6)45(56-40)21-18-35(47-41(50)31-15-16-31)46(58-45)23-22-43(10,57-46)36-19-20-44(53,13-3)30(9)54-36;/h18,21,25-37,39-40,48,53H,11-17,19-20,22-24H2,1-10H3,(H,47,50)(H,51,52);/q;+1/p-1/t25-,26-,27+,28-,29-,30-,32+,33-,34+,35-,36+,37+,39+,40-,43-,44+,45-,46-;/m0./s1. The van der Waals surface area contributed by atoms with Gasteiger partial charge >= 0.3 is 29.6 Å². The number of aliphatic hydroxyl groups excluding tert-OH is 1. The van der Waals surface area contributed by atoms with E-state index in [2.05, 4.69) is 26.1 Å². The van der Waals surface area contributed by atoms with Crippen molar-refractivity contribution in [2.24, 2.45) is 47.3 Å². The molecule has 6 aliphatic rings. The smallest absolute Gasteiger partial charge is 0.550 e. The molecule has 1 amide bonds. The molecule has 0 aromatic heterocycles. The van der Waals surface area contributed by atoms with Gasteiger partial charge in [0.2, 0.25) is 5.91 Å². The second-order valence-corrected chi connectivity index (χ2v) is 19.7. The number of nitrogens with one attached hydrogen (secondary N) is 1. The summed E-state index contributed by atoms with van der Waals surface area (Å²) in [5.74, 6) is -6.20. The number of hydrogen-bond donors (Lipinski definition) is 3. The first-order valence-corrected chi connectivity index (χ1v) is 22.8. The number of aliphatic hydroxyl groups is 2. The number of amides is 1. The SMILES string of the molecule is CC[C@@H](C(=O)[C@@H](C)[C@@H](O)[C@H](C)[C@@H]1O[C@@H]([C@@H](CC)C(=O)[O-])CC[C@@H]1C)[C@H]1O[C@]2(C=C[C@H](NC(=O)C3CC3)[C@]3(CC[C@@](C)([C@H]4CC[C@](O)(CC)[C@H](C)O4)O3)O2)[C@H](C)C[C@@H]1C.[Na+]. The summed E-state index contributed by atoms with van der Waals surface area (Å²) in [7, 11) is 0. The molecule has 6 rings (SSSR count). The Bertz CT molecular complexity index is 1530. The van der Waals surface area contributed by atoms with Crippen LogP contribution in [0.25, 0.3) is 0 Å². The topological polar surface area (TPSA) is 173 Å². The number of ketones is 1. The first-order valence-electron chi connectivity index (χ1n) is 22.8. The molecule has 13 heteroatoms. The van der Waals surface area contributed by atoms with E-state index >= 15 is 0 Å². The third-order valence-electron chi connectivity index (χ3n) is 15.7. The van der Waals surface area contributed by atoms with Crippen molar-refractivity contribution >= 4 is 17.7 Å². The van der Waals surface area contributed by atoms with Crippen LogP contribution in [0, 0.1) is 47.3 Å². The molecule has 0 radical (unpaired) electrons. The van der Waals surface area contributed by atoms with Gasteiger partial charge in [0.1, 0.15) is 11.8 Å². The Balaban J connectivity index is 0.00000661. The summed E-state index contributed by atoms with van der Waals surface area (Å²) in [4.78, 5) is 39.8. The average molecular weight is 840 g/mol. The average Bonchev–Trinajstić information content (AvgIpc) is 3.99. The zero-order valence-corrected chi connectivity index (χ0v) is 39.9. The molecular formula is C46H74NNaO11. The molecule has 4 saturated heterocycles. The minimum absolute atomic E-state index is 0. The maximum absolute atomic E-state index is 14.6. The molecule has 59 heavy (non-hydrogen) atoms. The van der Waals surface area contributed by atoms with Crippen molar-refractivity contribution < 1.29 is 82.9 Å². The Morgan fingerprint density at radius 2 is 1.56 bits per heavy atom. The van der Waals surface area contributed by atoms with E-state index in [1.807, 2.05) is 53.7 Å². The molecule has 5 aliphatic heterocycles. The molecule has 0 bridgehead atoms. The summed E-state index contributed by atoms with van der Waals surface area (Å²) < 4.78 is 34.4. The minimum atomic E-state index is -1.26. The normalized spacial score (nSPS) is 43.6. The van der Waals surface area contributed by atoms with Gasteiger partial charge in [-0.1, -0.05) is 61.5 Å². The zero-order valence-electron chi connectivity index (χ0n) is 37.9. The van der Waals surface area contributed by atoms with E-state index < -0.39 is 82.9 Å². The van der Waals surface area contributed by atoms with Crippen molar-refractivity contribution in [2.75, 3.05) is 0 Å². The Labute approximate surface area is 375 Å². The van der Waals surface area contributed by atoms with Crippen molar-refractivity contribution in [3.63, 3.8) is 0 Å². The fourth-order valence-electron chi connectivity index (χ4n) is 11.3. The number of carboxylic acids is 1. The summed E-state index contributed by atoms with van der Waals surface area (Å²) in [6.07, 6.45) is 8.42. The van der Waals surface area contributed by atoms with Gasteiger partial charge in [0.15, 0.2) is 11.6 Å². The van der Waals surface area contributed by atoms with E-state index in [1.54, 1.807) is 6.92 Å². The number of ether oxygens (including phenoxy) is 5. The van der Waals surface area contributed by atoms with Gasteiger partial charge in [-0.2, -0.15) is 0 Å². The van der Waals surface area contributed by atoms with Crippen molar-refractivity contribution in [1.29, 1.82) is 0 Å². The van der Waals surface area contributed by atoms with Gasteiger partial charge < -0.3 is 49.1 Å². The number of carboxylic acid groups (broad SMARTS) is 1. The first kappa shape index (κ1) is 49.1. The molecule has 1 saturated carbocycles. The Hall–Kier alpha value is -0.930. The number of carbonyl (C=O) groups is 3. The molecule has 12 nitrogen and oxygen atoms in total. The van der Waals surface area contributed by atoms with Crippen molar-refractivity contribution in [3.05, 3.63) is 12.2 Å². The molecule has 0 aromatic carbocycles. The van der Waals surface area contributed by atoms with Crippen LogP contribution in [-0.2, 0) is 38.1 Å². The Kier molecular flexibility index (Phi) is 15.8. The summed E-state index contributed by atoms with van der Waals surface area (Å²) in [6.45, 7) is 19.7. The molecule has 330 valence electrons. The second kappa shape index (κ2) is 19.0. The summed E-state index contributed by atoms with van der Waals surface area (Å²) in [6, 6.07) is -0.570. The van der Waals surface area contributed by atoms with Gasteiger partial charge in [0.05, 0.1) is 47.8 Å². The number of hydrogen-bond acceptors (Lipinski definition) is 11. The molecule has 5 heterocycles. The van der Waals surface area contributed by atoms with E-state index in [1.165, 1.54) is 0 Å². The summed E-state index contributed by atoms with van der Waals surface area (Å²) in [5, 5.41) is 38.1. The van der Waals surface area contributed by atoms with E-state index in [0.717, 1.165) is 19.3 Å². The van der Waals surface area contributed by atoms with Gasteiger partial charge in [0.25, 0.3) is 0 Å². The minimum Gasteiger partial charge on any atom is -0.550 e. The molecule has 18 atom stereocenters. The van der Waals surface area contributed by atoms with E-state index in [-0.39, 0.29) is 77.1 Å². The van der Waals surface area contributed by atoms with Gasteiger partial charge in [-0.3, -0.25) is 9.59 Å². The number of Topliss-reactive ketones (excluding diaryl/α,β-unsaturated/α-hetero) is 1. The van der Waals surface area contributed by atoms with Crippen LogP contribution >= 0.6 is 0 Å². The van der Waals surface area contributed by atoms with E-state index in [4.69, 9.17) is 23.7 Å². The molecule has 0 aromatic rings. The van der Waals surface area contributed by atoms with E-state index in [0.29, 0.717) is 57.8 Å². The quantitative estimate of drug-likeness (QED) is 0.173. The van der Waals surface area contributed by atoms with Crippen LogP contribution in [0.15, 0.2) is 12.2 Å². The molecule has 0 unspecified atom stereocenters. The molecule has 2 spiro atoms. The van der Waals surface area contributed by atoms with Gasteiger partial charge in [-0.05, 0) is 102 Å². The molecular weight excluding hydrogens is 765 g/mol. The largest absolute Gasteiger partial charge is 1.00 e. The molecule has 3 N–H and O–H groups in total. The molecule has 1 aliphatic carbocycles. The maximum atomic E-state index is 14.6. The molecule has 5 fully saturated rings. The second-order valence-electron chi connectivity index (χ2n) is 19.7. The summed E-state index contributed by atoms with van der Waals surface area (Å²) in [5.41, 5.74) is -1.65. The van der Waals surface area contributed by atoms with Gasteiger partial charge in [-0.25, -0.2) is 0 Å². The van der Waals surface area contributed by atoms with Crippen LogP contribution in [0.1, 0.15) is 146 Å². The monoisotopic (exact) mass is 840 g/mol. The fourth-order valence-corrected chi connectivity index (χ4v) is 11.3. The van der Waals surface area contributed by atoms with Crippen LogP contribution in [0.5, 0.6) is 0 Å². The Morgan fingerprint density at radius 1 is 0.881 bits per heavy atom. The van der Waals surface area contributed by atoms with Crippen LogP contribution in [0.4, 0.5) is 0 Å². The number of rotatable bonds is 14. The fraction of sp³-hybridized carbons (Fsp3) is 0.891. The van der Waals surface area contributed by atoms with Crippen molar-refractivity contribution in [1.82, 2.24) is 5.32 Å². The summed E-state index contributed by atoms with van der Waals surface area (Å²) >= 11 is 0. The van der Waals surface area contributed by atoms with Crippen molar-refractivity contribution in [3.8, 4) is 0 Å². The third kappa shape index (κ3) is 9.63. The zero-order chi connectivity index (χ0) is 42.5. The predicted molar refractivity (Wildman–Crippen MR) is 215 cm³/mol. The van der Waals surface area contributed by atoms with Gasteiger partial charge in [0, 0.05) is 47.9 Å². The predicted octanol–water partition coefficient (Wildman–Crippen LogP) is 2.39. The van der Waals surface area contributed by atoms with Crippen LogP contribution in [0.3, 0.4) is 0 Å². The van der Waals surface area contributed by atoms with Crippen molar-refractivity contribution in [2.45, 2.75) is 212 Å². The van der Waals surface area contributed by atoms with E-state index in [9.17, 15) is 29.7 Å².